The number of nitrogens with one attached hydrogen (secondary N) is 1. The summed E-state index contributed by atoms with van der Waals surface area (Å²) in [5, 5.41) is 13.1. The minimum absolute atomic E-state index is 0.0326. The van der Waals surface area contributed by atoms with Crippen LogP contribution in [-0.4, -0.2) is 43.3 Å². The van der Waals surface area contributed by atoms with Gasteiger partial charge in [-0.2, -0.15) is 0 Å². The summed E-state index contributed by atoms with van der Waals surface area (Å²) in [6.07, 6.45) is 0. The largest absolute Gasteiger partial charge is 0.504 e. The molecule has 18 heavy (non-hydrogen) atoms. The average molecular weight is 275 g/mol. The van der Waals surface area contributed by atoms with Gasteiger partial charge >= 0.3 is 0 Å². The van der Waals surface area contributed by atoms with Gasteiger partial charge in [-0.15, -0.1) is 0 Å². The highest BCUT2D eigenvalue weighted by Crippen LogP contribution is 2.36. The molecule has 0 atom stereocenters. The third-order valence-electron chi connectivity index (χ3n) is 3.06. The van der Waals surface area contributed by atoms with E-state index in [9.17, 15) is 9.50 Å². The molecule has 2 N–H and O–H groups in total. The minimum Gasteiger partial charge on any atom is -0.504 e. The van der Waals surface area contributed by atoms with E-state index in [2.05, 4.69) is 10.2 Å². The summed E-state index contributed by atoms with van der Waals surface area (Å²) >= 11 is 5.79. The Balaban J connectivity index is 2.27. The normalized spacial score (nSPS) is 16.8. The minimum atomic E-state index is -0.575. The van der Waals surface area contributed by atoms with Crippen molar-refractivity contribution in [2.45, 2.75) is 6.54 Å². The molecule has 0 amide bonds. The van der Waals surface area contributed by atoms with Gasteiger partial charge in [-0.3, -0.25) is 4.90 Å². The number of halogens is 2. The molecule has 1 aromatic carbocycles. The Morgan fingerprint density at radius 2 is 2.17 bits per heavy atom. The van der Waals surface area contributed by atoms with E-state index in [0.29, 0.717) is 6.54 Å². The van der Waals surface area contributed by atoms with E-state index in [0.717, 1.165) is 26.2 Å². The number of nitrogens with zero attached hydrogens (tertiary/aromatic N) is 1. The maximum Gasteiger partial charge on any atom is 0.165 e. The van der Waals surface area contributed by atoms with Crippen LogP contribution in [0.4, 0.5) is 4.39 Å². The third-order valence-corrected chi connectivity index (χ3v) is 3.34. The fourth-order valence-electron chi connectivity index (χ4n) is 2.04. The van der Waals surface area contributed by atoms with Crippen molar-refractivity contribution in [2.24, 2.45) is 0 Å². The van der Waals surface area contributed by atoms with Gasteiger partial charge in [-0.1, -0.05) is 11.6 Å². The van der Waals surface area contributed by atoms with Crippen molar-refractivity contribution in [3.63, 3.8) is 0 Å². The zero-order valence-corrected chi connectivity index (χ0v) is 10.9. The predicted octanol–water partition coefficient (Wildman–Crippen LogP) is 1.60. The maximum atomic E-state index is 13.9. The van der Waals surface area contributed by atoms with E-state index in [-0.39, 0.29) is 22.1 Å². The van der Waals surface area contributed by atoms with Gasteiger partial charge < -0.3 is 15.2 Å². The lowest BCUT2D eigenvalue weighted by Crippen LogP contribution is -2.43. The molecule has 100 valence electrons. The number of hydrogen-bond acceptors (Lipinski definition) is 4. The Labute approximate surface area is 110 Å². The number of methoxy groups -OCH3 is 1. The Kier molecular flexibility index (Phi) is 4.27. The first-order valence-electron chi connectivity index (χ1n) is 5.80. The van der Waals surface area contributed by atoms with Crippen molar-refractivity contribution in [3.8, 4) is 11.5 Å². The number of piperazine rings is 1. The van der Waals surface area contributed by atoms with Crippen LogP contribution in [0.1, 0.15) is 5.56 Å². The molecule has 0 aliphatic carbocycles. The van der Waals surface area contributed by atoms with Crippen molar-refractivity contribution >= 4 is 11.6 Å². The fourth-order valence-corrected chi connectivity index (χ4v) is 2.25. The number of benzene rings is 1. The molecule has 2 rings (SSSR count). The first-order chi connectivity index (χ1) is 8.63. The predicted molar refractivity (Wildman–Crippen MR) is 67.8 cm³/mol. The number of phenolic OH excluding ortho intramolecular Hbond substituents is 1. The lowest BCUT2D eigenvalue weighted by Gasteiger charge is -2.27. The molecule has 1 fully saturated rings. The van der Waals surface area contributed by atoms with E-state index in [1.807, 2.05) is 0 Å². The van der Waals surface area contributed by atoms with Gasteiger partial charge in [0.05, 0.1) is 12.1 Å². The van der Waals surface area contributed by atoms with Gasteiger partial charge in [0.25, 0.3) is 0 Å². The number of aromatic hydroxyl groups is 1. The van der Waals surface area contributed by atoms with Crippen LogP contribution in [-0.2, 0) is 6.54 Å². The molecule has 1 saturated heterocycles. The summed E-state index contributed by atoms with van der Waals surface area (Å²) in [5.74, 6) is -0.544. The molecule has 0 bridgehead atoms. The van der Waals surface area contributed by atoms with Gasteiger partial charge in [0.1, 0.15) is 5.82 Å². The molecular formula is C12H16ClFN2O2. The van der Waals surface area contributed by atoms with E-state index >= 15 is 0 Å². The smallest absolute Gasteiger partial charge is 0.165 e. The molecule has 1 aliphatic heterocycles. The topological polar surface area (TPSA) is 44.7 Å². The van der Waals surface area contributed by atoms with E-state index in [4.69, 9.17) is 16.3 Å². The maximum absolute atomic E-state index is 13.9. The molecule has 6 heteroatoms. The Morgan fingerprint density at radius 1 is 1.50 bits per heavy atom. The van der Waals surface area contributed by atoms with Crippen molar-refractivity contribution in [1.29, 1.82) is 0 Å². The Morgan fingerprint density at radius 3 is 2.78 bits per heavy atom. The first-order valence-corrected chi connectivity index (χ1v) is 6.18. The van der Waals surface area contributed by atoms with Crippen molar-refractivity contribution in [2.75, 3.05) is 33.3 Å². The summed E-state index contributed by atoms with van der Waals surface area (Å²) in [6.45, 7) is 3.68. The summed E-state index contributed by atoms with van der Waals surface area (Å²) in [4.78, 5) is 2.06. The molecule has 1 heterocycles. The highest BCUT2D eigenvalue weighted by atomic mass is 35.5. The molecule has 0 unspecified atom stereocenters. The lowest BCUT2D eigenvalue weighted by atomic mass is 10.1. The van der Waals surface area contributed by atoms with Crippen LogP contribution < -0.4 is 10.1 Å². The average Bonchev–Trinajstić information content (AvgIpc) is 2.40. The summed E-state index contributed by atoms with van der Waals surface area (Å²) in [5.41, 5.74) is 0.196. The molecule has 4 nitrogen and oxygen atoms in total. The summed E-state index contributed by atoms with van der Waals surface area (Å²) < 4.78 is 18.9. The number of ether oxygens (including phenoxy) is 1. The van der Waals surface area contributed by atoms with Gasteiger partial charge in [-0.05, 0) is 0 Å². The van der Waals surface area contributed by atoms with Gasteiger partial charge in [0.15, 0.2) is 11.5 Å². The van der Waals surface area contributed by atoms with Gasteiger partial charge in [0.2, 0.25) is 0 Å². The quantitative estimate of drug-likeness (QED) is 0.879. The lowest BCUT2D eigenvalue weighted by molar-refractivity contribution is 0.226. The number of phenols is 1. The SMILES string of the molecule is COc1cc(Cl)c(F)c(CN2CCNCC2)c1O. The van der Waals surface area contributed by atoms with E-state index < -0.39 is 5.82 Å². The van der Waals surface area contributed by atoms with Crippen molar-refractivity contribution < 1.29 is 14.2 Å². The second-order valence-corrected chi connectivity index (χ2v) is 4.64. The van der Waals surface area contributed by atoms with Crippen LogP contribution in [0.2, 0.25) is 5.02 Å². The molecule has 0 spiro atoms. The Bertz CT molecular complexity index is 437. The highest BCUT2D eigenvalue weighted by molar-refractivity contribution is 6.31. The standard InChI is InChI=1S/C12H16ClFN2O2/c1-18-10-6-9(13)11(14)8(12(10)17)7-16-4-2-15-3-5-16/h6,15,17H,2-5,7H2,1H3. The molecule has 1 aromatic rings. The molecule has 0 radical (unpaired) electrons. The monoisotopic (exact) mass is 274 g/mol. The zero-order valence-electron chi connectivity index (χ0n) is 10.2. The van der Waals surface area contributed by atoms with Crippen LogP contribution in [0.5, 0.6) is 11.5 Å². The van der Waals surface area contributed by atoms with Crippen LogP contribution in [0.25, 0.3) is 0 Å². The van der Waals surface area contributed by atoms with Gasteiger partial charge in [0, 0.05) is 44.4 Å². The summed E-state index contributed by atoms with van der Waals surface area (Å²) in [7, 11) is 1.41. The molecule has 0 saturated carbocycles. The van der Waals surface area contributed by atoms with E-state index in [1.54, 1.807) is 0 Å². The van der Waals surface area contributed by atoms with Crippen molar-refractivity contribution in [1.82, 2.24) is 10.2 Å². The first kappa shape index (κ1) is 13.4. The van der Waals surface area contributed by atoms with Crippen LogP contribution in [0.3, 0.4) is 0 Å². The van der Waals surface area contributed by atoms with Crippen LogP contribution >= 0.6 is 11.6 Å². The Hall–Kier alpha value is -1.04. The summed E-state index contributed by atoms with van der Waals surface area (Å²) in [6, 6.07) is 1.29. The molecule has 0 aromatic heterocycles. The third kappa shape index (κ3) is 2.68. The second-order valence-electron chi connectivity index (χ2n) is 4.23. The van der Waals surface area contributed by atoms with Crippen LogP contribution in [0, 0.1) is 5.82 Å². The fraction of sp³-hybridized carbons (Fsp3) is 0.500. The van der Waals surface area contributed by atoms with Gasteiger partial charge in [-0.25, -0.2) is 4.39 Å². The van der Waals surface area contributed by atoms with E-state index in [1.165, 1.54) is 13.2 Å². The number of rotatable bonds is 3. The second kappa shape index (κ2) is 5.73. The molecular weight excluding hydrogens is 259 g/mol. The highest BCUT2D eigenvalue weighted by Gasteiger charge is 2.20. The van der Waals surface area contributed by atoms with Crippen LogP contribution in [0.15, 0.2) is 6.07 Å². The number of hydrogen-bond donors (Lipinski definition) is 2. The molecule has 1 aliphatic rings. The zero-order chi connectivity index (χ0) is 13.1. The van der Waals surface area contributed by atoms with Crippen molar-refractivity contribution in [3.05, 3.63) is 22.5 Å².